The molecule has 1 aromatic rings. The van der Waals surface area contributed by atoms with Crippen LogP contribution in [-0.2, 0) is 4.79 Å². The van der Waals surface area contributed by atoms with Crippen LogP contribution in [0.3, 0.4) is 0 Å². The lowest BCUT2D eigenvalue weighted by Gasteiger charge is -2.40. The van der Waals surface area contributed by atoms with Crippen LogP contribution >= 0.6 is 0 Å². The quantitative estimate of drug-likeness (QED) is 0.516. The zero-order chi connectivity index (χ0) is 23.3. The fraction of sp³-hybridized carbons (Fsp3) is 0.435. The van der Waals surface area contributed by atoms with Gasteiger partial charge in [0, 0.05) is 20.1 Å². The van der Waals surface area contributed by atoms with Gasteiger partial charge in [-0.1, -0.05) is 18.1 Å². The van der Waals surface area contributed by atoms with Gasteiger partial charge in [-0.15, -0.1) is 5.92 Å². The number of nitrogens with zero attached hydrogens (tertiary/aromatic N) is 5. The normalized spacial score (nSPS) is 26.6. The number of carbonyl (C=O) groups excluding carboxylic acids is 4. The molecule has 2 saturated heterocycles. The summed E-state index contributed by atoms with van der Waals surface area (Å²) >= 11 is 0. The van der Waals surface area contributed by atoms with Gasteiger partial charge in [-0.2, -0.15) is 0 Å². The number of hydrogen-bond acceptors (Lipinski definition) is 7. The Hall–Kier alpha value is -3.87. The monoisotopic (exact) mass is 448 g/mol. The summed E-state index contributed by atoms with van der Waals surface area (Å²) in [6.07, 6.45) is 0.788. The molecule has 5 rings (SSSR count). The molecule has 0 bridgehead atoms. The zero-order valence-electron chi connectivity index (χ0n) is 18.4. The molecule has 0 saturated carbocycles. The predicted octanol–water partition coefficient (Wildman–Crippen LogP) is 0.318. The zero-order valence-corrected chi connectivity index (χ0v) is 18.4. The van der Waals surface area contributed by atoms with Gasteiger partial charge in [0.05, 0.1) is 23.7 Å². The highest BCUT2D eigenvalue weighted by atomic mass is 16.2. The minimum atomic E-state index is -0.678. The molecule has 5 amide bonds. The molecule has 4 aliphatic rings. The van der Waals surface area contributed by atoms with Gasteiger partial charge in [-0.05, 0) is 31.9 Å². The number of rotatable bonds is 2. The van der Waals surface area contributed by atoms with Gasteiger partial charge >= 0.3 is 6.03 Å². The van der Waals surface area contributed by atoms with Crippen molar-refractivity contribution in [3.63, 3.8) is 0 Å². The fourth-order valence-corrected chi connectivity index (χ4v) is 4.99. The summed E-state index contributed by atoms with van der Waals surface area (Å²) in [6.45, 7) is 3.06. The molecule has 4 aliphatic heterocycles. The number of hydrogen-bond donors (Lipinski definition) is 1. The first-order chi connectivity index (χ1) is 15.9. The summed E-state index contributed by atoms with van der Waals surface area (Å²) in [7, 11) is 1.60. The van der Waals surface area contributed by atoms with Gasteiger partial charge in [0.25, 0.3) is 17.7 Å². The summed E-state index contributed by atoms with van der Waals surface area (Å²) in [4.78, 5) is 62.1. The van der Waals surface area contributed by atoms with E-state index in [1.807, 2.05) is 9.80 Å². The van der Waals surface area contributed by atoms with E-state index in [9.17, 15) is 19.2 Å². The average molecular weight is 448 g/mol. The van der Waals surface area contributed by atoms with E-state index in [1.165, 1.54) is 9.80 Å². The van der Waals surface area contributed by atoms with Gasteiger partial charge in [0.2, 0.25) is 5.96 Å². The predicted molar refractivity (Wildman–Crippen MR) is 118 cm³/mol. The first-order valence-corrected chi connectivity index (χ1v) is 11.0. The third-order valence-corrected chi connectivity index (χ3v) is 6.63. The summed E-state index contributed by atoms with van der Waals surface area (Å²) in [5.41, 5.74) is 0.862. The molecule has 4 heterocycles. The summed E-state index contributed by atoms with van der Waals surface area (Å²) in [6, 6.07) is 5.38. The maximum atomic E-state index is 13.0. The van der Waals surface area contributed by atoms with E-state index in [-0.39, 0.29) is 24.4 Å². The number of amides is 5. The number of carbonyl (C=O) groups is 4. The van der Waals surface area contributed by atoms with Gasteiger partial charge in [0.1, 0.15) is 0 Å². The third kappa shape index (κ3) is 3.23. The number of benzene rings is 1. The number of guanidine groups is 1. The second-order valence-electron chi connectivity index (χ2n) is 8.52. The Labute approximate surface area is 191 Å². The van der Waals surface area contributed by atoms with Crippen LogP contribution in [0.2, 0.25) is 0 Å². The molecule has 170 valence electrons. The van der Waals surface area contributed by atoms with Crippen LogP contribution in [0.5, 0.6) is 0 Å². The molecule has 0 spiro atoms. The average Bonchev–Trinajstić information content (AvgIpc) is 3.32. The van der Waals surface area contributed by atoms with Crippen LogP contribution in [0.15, 0.2) is 29.3 Å². The SMILES string of the molecule is CC#CCN1C(N2CCC[C@@H](N3C(=O)c4ccccc4C3=O)C2)=NC2C1C(=O)NC(=O)N2C. The van der Waals surface area contributed by atoms with E-state index in [1.54, 1.807) is 38.2 Å². The molecule has 2 fully saturated rings. The van der Waals surface area contributed by atoms with Crippen molar-refractivity contribution >= 4 is 29.7 Å². The number of nitrogens with one attached hydrogen (secondary N) is 1. The topological polar surface area (TPSA) is 106 Å². The number of urea groups is 1. The fourth-order valence-electron chi connectivity index (χ4n) is 4.99. The second-order valence-corrected chi connectivity index (χ2v) is 8.52. The first kappa shape index (κ1) is 21.0. The molecule has 33 heavy (non-hydrogen) atoms. The smallest absolute Gasteiger partial charge is 0.325 e. The molecule has 1 aromatic carbocycles. The Kier molecular flexibility index (Phi) is 5.04. The number of fused-ring (bicyclic) bond motifs is 2. The molecular weight excluding hydrogens is 424 g/mol. The van der Waals surface area contributed by atoms with Crippen molar-refractivity contribution in [3.05, 3.63) is 35.4 Å². The van der Waals surface area contributed by atoms with Crippen molar-refractivity contribution in [1.29, 1.82) is 0 Å². The Bertz CT molecular complexity index is 1120. The third-order valence-electron chi connectivity index (χ3n) is 6.63. The van der Waals surface area contributed by atoms with Crippen LogP contribution < -0.4 is 5.32 Å². The summed E-state index contributed by atoms with van der Waals surface area (Å²) in [5.74, 6) is 5.45. The molecule has 2 unspecified atom stereocenters. The first-order valence-electron chi connectivity index (χ1n) is 11.0. The number of likely N-dealkylation sites (N-methyl/N-ethyl adjacent to an activating group) is 1. The maximum absolute atomic E-state index is 13.0. The van der Waals surface area contributed by atoms with Crippen molar-refractivity contribution in [2.45, 2.75) is 38.0 Å². The van der Waals surface area contributed by atoms with E-state index < -0.39 is 24.1 Å². The van der Waals surface area contributed by atoms with E-state index >= 15 is 0 Å². The Balaban J connectivity index is 1.43. The van der Waals surface area contributed by atoms with E-state index in [0.29, 0.717) is 36.6 Å². The van der Waals surface area contributed by atoms with Crippen molar-refractivity contribution in [3.8, 4) is 11.8 Å². The van der Waals surface area contributed by atoms with Gasteiger partial charge in [-0.25, -0.2) is 9.79 Å². The molecule has 10 heteroatoms. The lowest BCUT2D eigenvalue weighted by molar-refractivity contribution is -0.127. The summed E-state index contributed by atoms with van der Waals surface area (Å²) in [5, 5.41) is 2.37. The van der Waals surface area contributed by atoms with Crippen molar-refractivity contribution in [2.24, 2.45) is 4.99 Å². The van der Waals surface area contributed by atoms with Crippen LogP contribution in [0.1, 0.15) is 40.5 Å². The van der Waals surface area contributed by atoms with Crippen LogP contribution in [0.4, 0.5) is 4.79 Å². The Morgan fingerprint density at radius 3 is 2.48 bits per heavy atom. The number of aliphatic imine (C=N–C) groups is 1. The minimum absolute atomic E-state index is 0.275. The molecule has 0 aliphatic carbocycles. The highest BCUT2D eigenvalue weighted by Crippen LogP contribution is 2.30. The lowest BCUT2D eigenvalue weighted by Crippen LogP contribution is -2.64. The number of likely N-dealkylation sites (tertiary alicyclic amines) is 1. The molecule has 0 radical (unpaired) electrons. The number of piperidine rings is 1. The Morgan fingerprint density at radius 1 is 1.12 bits per heavy atom. The molecule has 1 N–H and O–H groups in total. The highest BCUT2D eigenvalue weighted by molar-refractivity contribution is 6.21. The van der Waals surface area contributed by atoms with Gasteiger partial charge < -0.3 is 14.7 Å². The molecule has 3 atom stereocenters. The standard InChI is InChI=1S/C23H24N6O4/c1-3-4-12-28-17-18(26(2)23(33)25-19(17)30)24-22(28)27-11-7-8-14(13-27)29-20(31)15-9-5-6-10-16(15)21(29)32/h5-6,9-10,14,17-18H,7-8,11-13H2,1-2H3,(H,25,30,33)/t14-,17?,18?/m1/s1. The van der Waals surface area contributed by atoms with Crippen molar-refractivity contribution in [1.82, 2.24) is 24.9 Å². The highest BCUT2D eigenvalue weighted by Gasteiger charge is 2.50. The number of imide groups is 2. The summed E-state index contributed by atoms with van der Waals surface area (Å²) < 4.78 is 0. The Morgan fingerprint density at radius 2 is 1.82 bits per heavy atom. The molecule has 10 nitrogen and oxygen atoms in total. The van der Waals surface area contributed by atoms with Crippen LogP contribution in [0, 0.1) is 11.8 Å². The van der Waals surface area contributed by atoms with Gasteiger partial charge in [-0.3, -0.25) is 24.6 Å². The van der Waals surface area contributed by atoms with E-state index in [4.69, 9.17) is 4.99 Å². The van der Waals surface area contributed by atoms with E-state index in [2.05, 4.69) is 17.2 Å². The van der Waals surface area contributed by atoms with Crippen LogP contribution in [0.25, 0.3) is 0 Å². The second kappa shape index (κ2) is 7.92. The van der Waals surface area contributed by atoms with Crippen molar-refractivity contribution < 1.29 is 19.2 Å². The molecular formula is C23H24N6O4. The largest absolute Gasteiger partial charge is 0.341 e. The van der Waals surface area contributed by atoms with E-state index in [0.717, 1.165) is 6.42 Å². The minimum Gasteiger partial charge on any atom is -0.341 e. The lowest BCUT2D eigenvalue weighted by atomic mass is 10.0. The maximum Gasteiger partial charge on any atom is 0.325 e. The molecule has 0 aromatic heterocycles. The van der Waals surface area contributed by atoms with Crippen LogP contribution in [-0.4, -0.2) is 94.2 Å². The van der Waals surface area contributed by atoms with Gasteiger partial charge in [0.15, 0.2) is 12.2 Å². The van der Waals surface area contributed by atoms with Crippen molar-refractivity contribution in [2.75, 3.05) is 26.7 Å².